The zero-order valence-corrected chi connectivity index (χ0v) is 14.3. The van der Waals surface area contributed by atoms with E-state index in [-0.39, 0.29) is 5.02 Å². The minimum atomic E-state index is -2.66. The molecule has 0 spiro atoms. The minimum absolute atomic E-state index is 0.0815. The van der Waals surface area contributed by atoms with Crippen molar-refractivity contribution in [1.82, 2.24) is 19.7 Å². The van der Waals surface area contributed by atoms with Gasteiger partial charge in [0.2, 0.25) is 0 Å². The third-order valence-electron chi connectivity index (χ3n) is 4.01. The Morgan fingerprint density at radius 1 is 1.20 bits per heavy atom. The normalized spacial score (nSPS) is 15.1. The topological polar surface area (TPSA) is 67.2 Å². The van der Waals surface area contributed by atoms with Crippen LogP contribution in [-0.4, -0.2) is 52.4 Å². The first-order valence-corrected chi connectivity index (χ1v) is 8.16. The Kier molecular flexibility index (Phi) is 5.12. The van der Waals surface area contributed by atoms with Gasteiger partial charge in [-0.2, -0.15) is 5.10 Å². The van der Waals surface area contributed by atoms with E-state index in [9.17, 15) is 13.6 Å². The van der Waals surface area contributed by atoms with Crippen molar-refractivity contribution in [3.63, 3.8) is 0 Å². The molecule has 0 atom stereocenters. The van der Waals surface area contributed by atoms with Gasteiger partial charge in [-0.05, 0) is 6.92 Å². The van der Waals surface area contributed by atoms with E-state index in [2.05, 4.69) is 20.0 Å². The summed E-state index contributed by atoms with van der Waals surface area (Å²) in [4.78, 5) is 24.5. The summed E-state index contributed by atoms with van der Waals surface area (Å²) in [5.41, 5.74) is 0.659. The summed E-state index contributed by atoms with van der Waals surface area (Å²) in [6.07, 6.45) is 0.240. The largest absolute Gasteiger partial charge is 0.365 e. The summed E-state index contributed by atoms with van der Waals surface area (Å²) in [6, 6.07) is 1.91. The van der Waals surface area contributed by atoms with Gasteiger partial charge in [-0.15, -0.1) is 0 Å². The number of halogens is 3. The fourth-order valence-electron chi connectivity index (χ4n) is 2.73. The van der Waals surface area contributed by atoms with Crippen molar-refractivity contribution in [2.75, 3.05) is 36.0 Å². The molecule has 1 fully saturated rings. The van der Waals surface area contributed by atoms with Gasteiger partial charge in [0.05, 0.1) is 11.9 Å². The van der Waals surface area contributed by atoms with Crippen molar-refractivity contribution in [3.8, 4) is 0 Å². The molecule has 3 heterocycles. The molecule has 1 saturated heterocycles. The van der Waals surface area contributed by atoms with Crippen LogP contribution in [0.1, 0.15) is 5.69 Å². The van der Waals surface area contributed by atoms with Crippen molar-refractivity contribution in [3.05, 3.63) is 39.7 Å². The maximum atomic E-state index is 12.5. The Morgan fingerprint density at radius 2 is 1.88 bits per heavy atom. The lowest BCUT2D eigenvalue weighted by molar-refractivity contribution is 0.119. The fourth-order valence-corrected chi connectivity index (χ4v) is 2.99. The third kappa shape index (κ3) is 3.87. The standard InChI is InChI=1S/C15H17ClF2N6O/c1-10-6-13(20-9-19-10)23-4-2-22(3-5-23)11-7-21-24(8-12(17)18)15(25)14(11)16/h6-7,9,12H,2-5,8H2,1H3. The second kappa shape index (κ2) is 7.30. The average molecular weight is 371 g/mol. The van der Waals surface area contributed by atoms with E-state index in [1.165, 1.54) is 12.5 Å². The van der Waals surface area contributed by atoms with E-state index in [4.69, 9.17) is 11.6 Å². The molecule has 0 amide bonds. The number of rotatable bonds is 4. The molecule has 25 heavy (non-hydrogen) atoms. The van der Waals surface area contributed by atoms with Crippen molar-refractivity contribution in [2.45, 2.75) is 19.9 Å². The first-order valence-electron chi connectivity index (χ1n) is 7.78. The summed E-state index contributed by atoms with van der Waals surface area (Å²) in [7, 11) is 0. The molecule has 1 aliphatic heterocycles. The molecule has 0 saturated carbocycles. The van der Waals surface area contributed by atoms with Gasteiger partial charge < -0.3 is 9.80 Å². The highest BCUT2D eigenvalue weighted by atomic mass is 35.5. The molecule has 0 aromatic carbocycles. The first kappa shape index (κ1) is 17.5. The third-order valence-corrected chi connectivity index (χ3v) is 4.37. The Labute approximate surface area is 147 Å². The van der Waals surface area contributed by atoms with Crippen LogP contribution < -0.4 is 15.4 Å². The second-order valence-electron chi connectivity index (χ2n) is 5.71. The van der Waals surface area contributed by atoms with Gasteiger partial charge in [-0.3, -0.25) is 4.79 Å². The van der Waals surface area contributed by atoms with E-state index in [1.807, 2.05) is 17.9 Å². The zero-order valence-electron chi connectivity index (χ0n) is 13.6. The van der Waals surface area contributed by atoms with Crippen LogP contribution in [0.3, 0.4) is 0 Å². The number of anilines is 2. The molecule has 3 rings (SSSR count). The molecule has 2 aromatic heterocycles. The summed E-state index contributed by atoms with van der Waals surface area (Å²) < 4.78 is 25.6. The molecular weight excluding hydrogens is 354 g/mol. The van der Waals surface area contributed by atoms with Crippen LogP contribution in [0.4, 0.5) is 20.3 Å². The molecule has 0 aliphatic carbocycles. The Bertz CT molecular complexity index is 807. The van der Waals surface area contributed by atoms with Crippen LogP contribution in [-0.2, 0) is 6.54 Å². The number of nitrogens with zero attached hydrogens (tertiary/aromatic N) is 6. The van der Waals surface area contributed by atoms with Crippen LogP contribution in [0.15, 0.2) is 23.4 Å². The number of aromatic nitrogens is 4. The number of aryl methyl sites for hydroxylation is 1. The average Bonchev–Trinajstić information content (AvgIpc) is 2.59. The van der Waals surface area contributed by atoms with Crippen molar-refractivity contribution in [1.29, 1.82) is 0 Å². The predicted molar refractivity (Wildman–Crippen MR) is 90.7 cm³/mol. The highest BCUT2D eigenvalue weighted by Crippen LogP contribution is 2.23. The molecule has 0 bridgehead atoms. The van der Waals surface area contributed by atoms with Gasteiger partial charge in [-0.1, -0.05) is 11.6 Å². The van der Waals surface area contributed by atoms with Crippen molar-refractivity contribution < 1.29 is 8.78 Å². The first-order chi connectivity index (χ1) is 12.0. The van der Waals surface area contributed by atoms with E-state index in [0.29, 0.717) is 36.5 Å². The monoisotopic (exact) mass is 370 g/mol. The van der Waals surface area contributed by atoms with Crippen LogP contribution in [0.25, 0.3) is 0 Å². The smallest absolute Gasteiger partial charge is 0.287 e. The lowest BCUT2D eigenvalue weighted by Gasteiger charge is -2.36. The minimum Gasteiger partial charge on any atom is -0.365 e. The molecule has 0 radical (unpaired) electrons. The molecule has 0 unspecified atom stereocenters. The molecule has 1 aliphatic rings. The van der Waals surface area contributed by atoms with E-state index in [0.717, 1.165) is 11.5 Å². The summed E-state index contributed by atoms with van der Waals surface area (Å²) in [5.74, 6) is 0.851. The van der Waals surface area contributed by atoms with Gasteiger partial charge in [0.15, 0.2) is 0 Å². The predicted octanol–water partition coefficient (Wildman–Crippen LogP) is 1.59. The SMILES string of the molecule is Cc1cc(N2CCN(c3cnn(CC(F)F)c(=O)c3Cl)CC2)ncn1. The van der Waals surface area contributed by atoms with Gasteiger partial charge >= 0.3 is 0 Å². The molecular formula is C15H17ClF2N6O. The van der Waals surface area contributed by atoms with Crippen LogP contribution in [0.2, 0.25) is 5.02 Å². The highest BCUT2D eigenvalue weighted by molar-refractivity contribution is 6.33. The van der Waals surface area contributed by atoms with Gasteiger partial charge in [0.25, 0.3) is 12.0 Å². The van der Waals surface area contributed by atoms with Gasteiger partial charge in [0.1, 0.15) is 23.7 Å². The van der Waals surface area contributed by atoms with Crippen molar-refractivity contribution >= 4 is 23.1 Å². The Hall–Kier alpha value is -2.29. The highest BCUT2D eigenvalue weighted by Gasteiger charge is 2.22. The summed E-state index contributed by atoms with van der Waals surface area (Å²) in [5, 5.41) is 3.73. The maximum Gasteiger partial charge on any atom is 0.287 e. The second-order valence-corrected chi connectivity index (χ2v) is 6.09. The molecule has 2 aromatic rings. The summed E-state index contributed by atoms with van der Waals surface area (Å²) >= 11 is 6.10. The lowest BCUT2D eigenvalue weighted by Crippen LogP contribution is -2.47. The van der Waals surface area contributed by atoms with Crippen molar-refractivity contribution in [2.24, 2.45) is 0 Å². The molecule has 10 heteroatoms. The summed E-state index contributed by atoms with van der Waals surface area (Å²) in [6.45, 7) is 3.74. The van der Waals surface area contributed by atoms with E-state index < -0.39 is 18.5 Å². The fraction of sp³-hybridized carbons (Fsp3) is 0.467. The lowest BCUT2D eigenvalue weighted by atomic mass is 10.2. The van der Waals surface area contributed by atoms with Crippen LogP contribution in [0, 0.1) is 6.92 Å². The number of hydrogen-bond acceptors (Lipinski definition) is 6. The molecule has 134 valence electrons. The van der Waals surface area contributed by atoms with E-state index >= 15 is 0 Å². The maximum absolute atomic E-state index is 12.5. The number of alkyl halides is 2. The molecule has 7 nitrogen and oxygen atoms in total. The van der Waals surface area contributed by atoms with Crippen LogP contribution >= 0.6 is 11.6 Å². The Balaban J connectivity index is 1.73. The molecule has 0 N–H and O–H groups in total. The Morgan fingerprint density at radius 3 is 2.52 bits per heavy atom. The quantitative estimate of drug-likeness (QED) is 0.814. The van der Waals surface area contributed by atoms with Gasteiger partial charge in [0, 0.05) is 37.9 Å². The van der Waals surface area contributed by atoms with Gasteiger partial charge in [-0.25, -0.2) is 23.4 Å². The zero-order chi connectivity index (χ0) is 18.0. The van der Waals surface area contributed by atoms with Crippen LogP contribution in [0.5, 0.6) is 0 Å². The number of piperazine rings is 1. The van der Waals surface area contributed by atoms with E-state index in [1.54, 1.807) is 0 Å². The number of hydrogen-bond donors (Lipinski definition) is 0.